The molecular formula is C8H18O. The Morgan fingerprint density at radius 1 is 1.56 bits per heavy atom. The van der Waals surface area contributed by atoms with Gasteiger partial charge in [-0.1, -0.05) is 13.8 Å². The van der Waals surface area contributed by atoms with Crippen LogP contribution in [0.3, 0.4) is 0 Å². The van der Waals surface area contributed by atoms with Crippen LogP contribution in [-0.2, 0) is 4.74 Å². The van der Waals surface area contributed by atoms with Crippen molar-refractivity contribution < 1.29 is 11.6 Å². The molecule has 0 saturated heterocycles. The van der Waals surface area contributed by atoms with E-state index in [9.17, 15) is 0 Å². The fourth-order valence-electron chi connectivity index (χ4n) is 0.397. The van der Waals surface area contributed by atoms with E-state index in [-0.39, 0.29) is 6.10 Å². The summed E-state index contributed by atoms with van der Waals surface area (Å²) >= 11 is 0. The predicted molar refractivity (Wildman–Crippen MR) is 40.6 cm³/mol. The van der Waals surface area contributed by atoms with Gasteiger partial charge in [-0.15, -0.1) is 0 Å². The summed E-state index contributed by atoms with van der Waals surface area (Å²) in [5.41, 5.74) is 0. The Balaban J connectivity index is 4.59. The van der Waals surface area contributed by atoms with E-state index in [0.717, 1.165) is 0 Å². The molecular weight excluding hydrogens is 112 g/mol. The Kier molecular flexibility index (Phi) is 1.80. The molecule has 0 aromatic carbocycles. The lowest BCUT2D eigenvalue weighted by Gasteiger charge is -2.15. The predicted octanol–water partition coefficient (Wildman–Crippen LogP) is 2.60. The van der Waals surface area contributed by atoms with Gasteiger partial charge in [-0.3, -0.25) is 0 Å². The van der Waals surface area contributed by atoms with Crippen LogP contribution in [0.2, 0.25) is 0 Å². The van der Waals surface area contributed by atoms with Crippen molar-refractivity contribution in [2.45, 2.75) is 52.6 Å². The van der Waals surface area contributed by atoms with Crippen LogP contribution in [0.4, 0.5) is 0 Å². The van der Waals surface area contributed by atoms with Crippen molar-refractivity contribution in [2.24, 2.45) is 0 Å². The van der Waals surface area contributed by atoms with Gasteiger partial charge in [-0.25, -0.2) is 0 Å². The van der Waals surface area contributed by atoms with Gasteiger partial charge >= 0.3 is 0 Å². The van der Waals surface area contributed by atoms with Gasteiger partial charge in [0.15, 0.2) is 0 Å². The summed E-state index contributed by atoms with van der Waals surface area (Å²) in [7, 11) is 0. The van der Waals surface area contributed by atoms with E-state index in [1.165, 1.54) is 6.92 Å². The van der Waals surface area contributed by atoms with E-state index >= 15 is 0 Å². The summed E-state index contributed by atoms with van der Waals surface area (Å²) < 4.78 is 41.5. The summed E-state index contributed by atoms with van der Waals surface area (Å²) in [6.07, 6.45) is -2.78. The summed E-state index contributed by atoms with van der Waals surface area (Å²) in [6.45, 7) is 2.42. The van der Waals surface area contributed by atoms with Crippen LogP contribution in [0.5, 0.6) is 0 Å². The topological polar surface area (TPSA) is 9.23 Å². The number of hydrogen-bond acceptors (Lipinski definition) is 1. The lowest BCUT2D eigenvalue weighted by Crippen LogP contribution is -2.14. The number of ether oxygens (including phenoxy) is 1. The molecule has 0 aliphatic rings. The monoisotopic (exact) mass is 135 g/mol. The molecule has 0 saturated carbocycles. The smallest absolute Gasteiger partial charge is 0.0548 e. The van der Waals surface area contributed by atoms with Crippen LogP contribution in [0.25, 0.3) is 0 Å². The third-order valence-electron chi connectivity index (χ3n) is 1.21. The third-order valence-corrected chi connectivity index (χ3v) is 1.21. The van der Waals surface area contributed by atoms with Crippen molar-refractivity contribution in [3.8, 4) is 0 Å². The zero-order chi connectivity index (χ0) is 11.6. The maximum Gasteiger partial charge on any atom is 0.0548 e. The first-order valence-electron chi connectivity index (χ1n) is 5.74. The summed E-state index contributed by atoms with van der Waals surface area (Å²) in [6, 6.07) is 0. The minimum atomic E-state index is -2.42. The highest BCUT2D eigenvalue weighted by atomic mass is 16.5. The SMILES string of the molecule is [2H]C([2H])([2H])[C@H](O[C@@H](C)CC)C([2H])([2H])C. The van der Waals surface area contributed by atoms with Crippen molar-refractivity contribution in [2.75, 3.05) is 0 Å². The molecule has 0 rings (SSSR count). The number of hydrogen-bond donors (Lipinski definition) is 0. The second kappa shape index (κ2) is 4.80. The van der Waals surface area contributed by atoms with Crippen molar-refractivity contribution >= 4 is 0 Å². The highest BCUT2D eigenvalue weighted by molar-refractivity contribution is 4.50. The lowest BCUT2D eigenvalue weighted by molar-refractivity contribution is 0.00511. The molecule has 2 atom stereocenters. The molecule has 56 valence electrons. The molecule has 0 aromatic heterocycles. The normalized spacial score (nSPS) is 28.6. The molecule has 0 fully saturated rings. The summed E-state index contributed by atoms with van der Waals surface area (Å²) in [5, 5.41) is 0. The van der Waals surface area contributed by atoms with Gasteiger partial charge < -0.3 is 4.74 Å². The molecule has 0 heterocycles. The third kappa shape index (κ3) is 4.46. The molecule has 0 bridgehead atoms. The van der Waals surface area contributed by atoms with Gasteiger partial charge in [0.05, 0.1) is 12.2 Å². The second-order valence-electron chi connectivity index (χ2n) is 2.02. The van der Waals surface area contributed by atoms with Crippen LogP contribution >= 0.6 is 0 Å². The van der Waals surface area contributed by atoms with Gasteiger partial charge in [0.1, 0.15) is 0 Å². The minimum Gasteiger partial charge on any atom is -0.376 e. The Labute approximate surface area is 65.4 Å². The van der Waals surface area contributed by atoms with Crippen LogP contribution in [0, 0.1) is 0 Å². The van der Waals surface area contributed by atoms with Crippen molar-refractivity contribution in [1.82, 2.24) is 0 Å². The molecule has 1 heteroatoms. The molecule has 9 heavy (non-hydrogen) atoms. The summed E-state index contributed by atoms with van der Waals surface area (Å²) in [4.78, 5) is 0. The zero-order valence-electron chi connectivity index (χ0n) is 11.3. The van der Waals surface area contributed by atoms with E-state index in [1.807, 2.05) is 6.92 Å². The maximum absolute atomic E-state index is 7.39. The first kappa shape index (κ1) is 3.38. The van der Waals surface area contributed by atoms with E-state index in [2.05, 4.69) is 0 Å². The number of rotatable bonds is 4. The molecule has 0 spiro atoms. The quantitative estimate of drug-likeness (QED) is 0.575. The van der Waals surface area contributed by atoms with Crippen LogP contribution in [0.1, 0.15) is 47.3 Å². The van der Waals surface area contributed by atoms with Gasteiger partial charge in [0.2, 0.25) is 0 Å². The maximum atomic E-state index is 7.39. The molecule has 0 N–H and O–H groups in total. The van der Waals surface area contributed by atoms with Crippen LogP contribution in [0.15, 0.2) is 0 Å². The largest absolute Gasteiger partial charge is 0.376 e. The van der Waals surface area contributed by atoms with Gasteiger partial charge in [-0.05, 0) is 26.6 Å². The standard InChI is InChI=1S/C8H18O/c1-5-7(3)9-8(4)6-2/h7-8H,5-6H2,1-4H3/t7-,8-/m0/s1/i3D3,5D2. The average Bonchev–Trinajstić information content (AvgIpc) is 1.95. The van der Waals surface area contributed by atoms with E-state index < -0.39 is 19.3 Å². The van der Waals surface area contributed by atoms with Crippen LogP contribution < -0.4 is 0 Å². The molecule has 0 unspecified atom stereocenters. The molecule has 0 aliphatic heterocycles. The van der Waals surface area contributed by atoms with Crippen molar-refractivity contribution in [1.29, 1.82) is 0 Å². The molecule has 0 aromatic rings. The average molecular weight is 135 g/mol. The molecule has 1 nitrogen and oxygen atoms in total. The Morgan fingerprint density at radius 2 is 2.22 bits per heavy atom. The van der Waals surface area contributed by atoms with E-state index in [4.69, 9.17) is 11.6 Å². The van der Waals surface area contributed by atoms with Crippen LogP contribution in [-0.4, -0.2) is 12.2 Å². The zero-order valence-corrected chi connectivity index (χ0v) is 6.27. The van der Waals surface area contributed by atoms with E-state index in [1.54, 1.807) is 6.92 Å². The van der Waals surface area contributed by atoms with Crippen molar-refractivity contribution in [3.63, 3.8) is 0 Å². The van der Waals surface area contributed by atoms with Gasteiger partial charge in [0, 0.05) is 6.85 Å². The Bertz CT molecular complexity index is 158. The first-order chi connectivity index (χ1) is 6.09. The van der Waals surface area contributed by atoms with Gasteiger partial charge in [0.25, 0.3) is 0 Å². The molecule has 0 aliphatic carbocycles. The Hall–Kier alpha value is -0.0400. The fourth-order valence-corrected chi connectivity index (χ4v) is 0.397. The minimum absolute atomic E-state index is 0.240. The van der Waals surface area contributed by atoms with E-state index in [0.29, 0.717) is 6.42 Å². The highest BCUT2D eigenvalue weighted by Gasteiger charge is 2.02. The molecule has 0 amide bonds. The van der Waals surface area contributed by atoms with Crippen molar-refractivity contribution in [3.05, 3.63) is 0 Å². The summed E-state index contributed by atoms with van der Waals surface area (Å²) in [5.74, 6) is 0. The molecule has 0 radical (unpaired) electrons. The Morgan fingerprint density at radius 3 is 2.56 bits per heavy atom. The van der Waals surface area contributed by atoms with Gasteiger partial charge in [-0.2, -0.15) is 0 Å². The second-order valence-corrected chi connectivity index (χ2v) is 2.02. The lowest BCUT2D eigenvalue weighted by atomic mass is 10.3. The first-order valence-corrected chi connectivity index (χ1v) is 3.24. The highest BCUT2D eigenvalue weighted by Crippen LogP contribution is 2.03. The fraction of sp³-hybridized carbons (Fsp3) is 1.00.